The standard InChI is InChI=1S/C30H28N2O3/c1-21-9-11-29-23(13-21)17-31(19-33-29)25-5-3-7-27(15-25)35-28-8-4-6-26(16-28)32-18-24-14-22(2)10-12-30(24)34-20-32/h3-16H,17-20H2,1-2H3. The molecule has 2 aliphatic rings. The molecule has 6 rings (SSSR count). The molecule has 2 aliphatic heterocycles. The molecule has 4 aromatic carbocycles. The smallest absolute Gasteiger partial charge is 0.161 e. The number of hydrogen-bond acceptors (Lipinski definition) is 5. The van der Waals surface area contributed by atoms with Gasteiger partial charge in [0.05, 0.1) is 0 Å². The first-order valence-corrected chi connectivity index (χ1v) is 11.9. The van der Waals surface area contributed by atoms with Crippen LogP contribution in [0, 0.1) is 13.8 Å². The fourth-order valence-electron chi connectivity index (χ4n) is 4.70. The molecule has 0 aromatic heterocycles. The summed E-state index contributed by atoms with van der Waals surface area (Å²) in [5.41, 5.74) is 7.03. The molecule has 5 heteroatoms. The Balaban J connectivity index is 1.18. The largest absolute Gasteiger partial charge is 0.473 e. The van der Waals surface area contributed by atoms with E-state index in [1.807, 2.05) is 24.3 Å². The topological polar surface area (TPSA) is 34.2 Å². The van der Waals surface area contributed by atoms with Crippen LogP contribution in [0.5, 0.6) is 23.0 Å². The van der Waals surface area contributed by atoms with Crippen molar-refractivity contribution < 1.29 is 14.2 Å². The molecule has 0 spiro atoms. The number of nitrogens with zero attached hydrogens (tertiary/aromatic N) is 2. The lowest BCUT2D eigenvalue weighted by molar-refractivity contribution is 0.289. The zero-order valence-corrected chi connectivity index (χ0v) is 20.0. The first-order chi connectivity index (χ1) is 17.1. The van der Waals surface area contributed by atoms with Gasteiger partial charge in [-0.15, -0.1) is 0 Å². The Morgan fingerprint density at radius 1 is 0.600 bits per heavy atom. The lowest BCUT2D eigenvalue weighted by Gasteiger charge is -2.31. The Kier molecular flexibility index (Phi) is 5.45. The highest BCUT2D eigenvalue weighted by atomic mass is 16.5. The number of rotatable bonds is 4. The van der Waals surface area contributed by atoms with Crippen LogP contribution >= 0.6 is 0 Å². The van der Waals surface area contributed by atoms with E-state index in [2.05, 4.69) is 84.3 Å². The molecule has 0 radical (unpaired) electrons. The van der Waals surface area contributed by atoms with Gasteiger partial charge in [-0.05, 0) is 50.2 Å². The molecule has 0 bridgehead atoms. The summed E-state index contributed by atoms with van der Waals surface area (Å²) in [5, 5.41) is 0. The van der Waals surface area contributed by atoms with Crippen LogP contribution in [0.25, 0.3) is 0 Å². The fraction of sp³-hybridized carbons (Fsp3) is 0.200. The SMILES string of the molecule is Cc1ccc2c(c1)CN(c1cccc(Oc3cccc(N4COc5ccc(C)cc5C4)c3)c1)CO2. The average Bonchev–Trinajstić information content (AvgIpc) is 2.88. The first-order valence-electron chi connectivity index (χ1n) is 11.9. The maximum atomic E-state index is 6.28. The average molecular weight is 465 g/mol. The second-order valence-electron chi connectivity index (χ2n) is 9.26. The summed E-state index contributed by atoms with van der Waals surface area (Å²) >= 11 is 0. The number of aryl methyl sites for hydroxylation is 2. The van der Waals surface area contributed by atoms with Crippen molar-refractivity contribution in [3.05, 3.63) is 107 Å². The van der Waals surface area contributed by atoms with E-state index >= 15 is 0 Å². The summed E-state index contributed by atoms with van der Waals surface area (Å²) in [5.74, 6) is 3.53. The molecule has 0 atom stereocenters. The number of hydrogen-bond donors (Lipinski definition) is 0. The summed E-state index contributed by atoms with van der Waals surface area (Å²) in [4.78, 5) is 4.44. The van der Waals surface area contributed by atoms with Crippen LogP contribution < -0.4 is 24.0 Å². The highest BCUT2D eigenvalue weighted by Gasteiger charge is 2.20. The van der Waals surface area contributed by atoms with Gasteiger partial charge in [-0.3, -0.25) is 0 Å². The lowest BCUT2D eigenvalue weighted by atomic mass is 10.1. The van der Waals surface area contributed by atoms with Gasteiger partial charge in [0.1, 0.15) is 23.0 Å². The Morgan fingerprint density at radius 2 is 1.09 bits per heavy atom. The number of benzene rings is 4. The monoisotopic (exact) mass is 464 g/mol. The highest BCUT2D eigenvalue weighted by Crippen LogP contribution is 2.34. The Morgan fingerprint density at radius 3 is 1.57 bits per heavy atom. The fourth-order valence-corrected chi connectivity index (χ4v) is 4.70. The molecule has 2 heterocycles. The lowest BCUT2D eigenvalue weighted by Crippen LogP contribution is -2.31. The second-order valence-corrected chi connectivity index (χ2v) is 9.26. The second kappa shape index (κ2) is 8.91. The minimum absolute atomic E-state index is 0.519. The molecular weight excluding hydrogens is 436 g/mol. The Hall–Kier alpha value is -4.12. The molecule has 0 N–H and O–H groups in total. The van der Waals surface area contributed by atoms with Crippen molar-refractivity contribution in [1.82, 2.24) is 0 Å². The van der Waals surface area contributed by atoms with Crippen LogP contribution in [-0.4, -0.2) is 13.5 Å². The molecule has 0 amide bonds. The first kappa shape index (κ1) is 21.4. The van der Waals surface area contributed by atoms with Crippen molar-refractivity contribution >= 4 is 11.4 Å². The van der Waals surface area contributed by atoms with Crippen LogP contribution in [0.3, 0.4) is 0 Å². The van der Waals surface area contributed by atoms with Gasteiger partial charge in [0.25, 0.3) is 0 Å². The highest BCUT2D eigenvalue weighted by molar-refractivity contribution is 5.56. The van der Waals surface area contributed by atoms with Gasteiger partial charge in [-0.25, -0.2) is 0 Å². The van der Waals surface area contributed by atoms with Crippen molar-refractivity contribution in [3.63, 3.8) is 0 Å². The van der Waals surface area contributed by atoms with Gasteiger partial charge in [-0.1, -0.05) is 47.5 Å². The van der Waals surface area contributed by atoms with E-state index in [0.717, 1.165) is 47.5 Å². The summed E-state index contributed by atoms with van der Waals surface area (Å²) in [6, 6.07) is 29.0. The zero-order valence-electron chi connectivity index (χ0n) is 20.0. The molecule has 0 saturated carbocycles. The predicted molar refractivity (Wildman–Crippen MR) is 139 cm³/mol. The minimum Gasteiger partial charge on any atom is -0.473 e. The molecule has 176 valence electrons. The van der Waals surface area contributed by atoms with Gasteiger partial charge in [0.2, 0.25) is 0 Å². The third kappa shape index (κ3) is 4.50. The van der Waals surface area contributed by atoms with Crippen molar-refractivity contribution in [1.29, 1.82) is 0 Å². The van der Waals surface area contributed by atoms with Gasteiger partial charge in [0, 0.05) is 47.7 Å². The number of ether oxygens (including phenoxy) is 3. The quantitative estimate of drug-likeness (QED) is 0.331. The molecule has 4 aromatic rings. The third-order valence-electron chi connectivity index (χ3n) is 6.51. The zero-order chi connectivity index (χ0) is 23.8. The van der Waals surface area contributed by atoms with Crippen LogP contribution in [-0.2, 0) is 13.1 Å². The van der Waals surface area contributed by atoms with E-state index in [1.165, 1.54) is 22.3 Å². The number of anilines is 2. The van der Waals surface area contributed by atoms with Gasteiger partial charge < -0.3 is 24.0 Å². The molecule has 0 unspecified atom stereocenters. The summed E-state index contributed by atoms with van der Waals surface area (Å²) < 4.78 is 18.3. The van der Waals surface area contributed by atoms with Gasteiger partial charge in [-0.2, -0.15) is 0 Å². The van der Waals surface area contributed by atoms with Crippen LogP contribution in [0.4, 0.5) is 11.4 Å². The molecule has 35 heavy (non-hydrogen) atoms. The van der Waals surface area contributed by atoms with Crippen LogP contribution in [0.15, 0.2) is 84.9 Å². The van der Waals surface area contributed by atoms with E-state index in [9.17, 15) is 0 Å². The maximum Gasteiger partial charge on any atom is 0.161 e. The summed E-state index contributed by atoms with van der Waals surface area (Å²) in [6.07, 6.45) is 0. The molecular formula is C30H28N2O3. The van der Waals surface area contributed by atoms with Crippen LogP contribution in [0.1, 0.15) is 22.3 Å². The van der Waals surface area contributed by atoms with Gasteiger partial charge >= 0.3 is 0 Å². The van der Waals surface area contributed by atoms with Crippen molar-refractivity contribution in [2.24, 2.45) is 0 Å². The Labute approximate surface area is 206 Å². The van der Waals surface area contributed by atoms with E-state index in [4.69, 9.17) is 14.2 Å². The predicted octanol–water partition coefficient (Wildman–Crippen LogP) is 6.81. The van der Waals surface area contributed by atoms with E-state index in [-0.39, 0.29) is 0 Å². The van der Waals surface area contributed by atoms with Gasteiger partial charge in [0.15, 0.2) is 13.5 Å². The third-order valence-corrected chi connectivity index (χ3v) is 6.51. The molecule has 0 fully saturated rings. The summed E-state index contributed by atoms with van der Waals surface area (Å²) in [7, 11) is 0. The maximum absolute atomic E-state index is 6.28. The van der Waals surface area contributed by atoms with E-state index < -0.39 is 0 Å². The molecule has 0 saturated heterocycles. The van der Waals surface area contributed by atoms with Crippen molar-refractivity contribution in [3.8, 4) is 23.0 Å². The minimum atomic E-state index is 0.519. The molecule has 5 nitrogen and oxygen atoms in total. The number of fused-ring (bicyclic) bond motifs is 2. The normalized spacial score (nSPS) is 14.5. The van der Waals surface area contributed by atoms with Crippen LogP contribution in [0.2, 0.25) is 0 Å². The van der Waals surface area contributed by atoms with E-state index in [1.54, 1.807) is 0 Å². The Bertz CT molecular complexity index is 1280. The molecule has 0 aliphatic carbocycles. The summed E-state index contributed by atoms with van der Waals surface area (Å²) in [6.45, 7) is 6.88. The van der Waals surface area contributed by atoms with E-state index in [0.29, 0.717) is 13.5 Å². The van der Waals surface area contributed by atoms with Crippen molar-refractivity contribution in [2.45, 2.75) is 26.9 Å². The van der Waals surface area contributed by atoms with Crippen molar-refractivity contribution in [2.75, 3.05) is 23.3 Å².